The number of rotatable bonds is 5. The van der Waals surface area contributed by atoms with Gasteiger partial charge in [-0.3, -0.25) is 4.98 Å². The highest BCUT2D eigenvalue weighted by atomic mass is 16.5. The molecule has 8 nitrogen and oxygen atoms in total. The van der Waals surface area contributed by atoms with Crippen LogP contribution in [0.2, 0.25) is 0 Å². The average Bonchev–Trinajstić information content (AvgIpc) is 3.23. The van der Waals surface area contributed by atoms with E-state index in [9.17, 15) is 0 Å². The molecule has 1 atom stereocenters. The molecular formula is C18H19N7O. The van der Waals surface area contributed by atoms with Crippen LogP contribution >= 0.6 is 0 Å². The number of aromatic nitrogens is 6. The molecule has 0 fully saturated rings. The van der Waals surface area contributed by atoms with E-state index in [0.717, 1.165) is 28.5 Å². The maximum Gasteiger partial charge on any atom is 0.203 e. The first kappa shape index (κ1) is 16.2. The topological polar surface area (TPSA) is 94.0 Å². The molecule has 0 spiro atoms. The Labute approximate surface area is 150 Å². The van der Waals surface area contributed by atoms with E-state index in [2.05, 4.69) is 37.7 Å². The van der Waals surface area contributed by atoms with Crippen molar-refractivity contribution in [2.24, 2.45) is 0 Å². The second-order valence-corrected chi connectivity index (χ2v) is 6.25. The normalized spacial score (nSPS) is 12.4. The Morgan fingerprint density at radius 1 is 1.15 bits per heavy atom. The van der Waals surface area contributed by atoms with E-state index in [1.807, 2.05) is 44.2 Å². The van der Waals surface area contributed by atoms with E-state index in [1.165, 1.54) is 0 Å². The molecule has 4 heterocycles. The molecule has 4 rings (SSSR count). The first-order valence-corrected chi connectivity index (χ1v) is 8.44. The lowest BCUT2D eigenvalue weighted by atomic mass is 10.00. The zero-order valence-corrected chi connectivity index (χ0v) is 14.8. The standard InChI is InChI=1S/C18H19N7O/c1-11(17-12(2)24-26-13(17)3)10-20-15-7-8-16-21-22-18(25(16)23-15)14-6-4-5-9-19-14/h4-9,11H,10H2,1-3H3,(H,20,23). The number of anilines is 1. The number of nitrogens with zero attached hydrogens (tertiary/aromatic N) is 6. The second kappa shape index (κ2) is 6.55. The van der Waals surface area contributed by atoms with Crippen molar-refractivity contribution in [2.45, 2.75) is 26.7 Å². The van der Waals surface area contributed by atoms with Crippen molar-refractivity contribution in [1.29, 1.82) is 0 Å². The van der Waals surface area contributed by atoms with E-state index in [1.54, 1.807) is 10.7 Å². The van der Waals surface area contributed by atoms with Crippen molar-refractivity contribution in [1.82, 2.24) is 30.0 Å². The maximum atomic E-state index is 5.26. The molecule has 0 saturated heterocycles. The average molecular weight is 349 g/mol. The van der Waals surface area contributed by atoms with Crippen LogP contribution < -0.4 is 5.32 Å². The number of hydrogen-bond donors (Lipinski definition) is 1. The molecule has 4 aromatic heterocycles. The van der Waals surface area contributed by atoms with Crippen LogP contribution in [-0.2, 0) is 0 Å². The minimum Gasteiger partial charge on any atom is -0.368 e. The van der Waals surface area contributed by atoms with Crippen molar-refractivity contribution in [3.05, 3.63) is 53.5 Å². The monoisotopic (exact) mass is 349 g/mol. The van der Waals surface area contributed by atoms with Crippen LogP contribution in [0.4, 0.5) is 5.82 Å². The van der Waals surface area contributed by atoms with Crippen molar-refractivity contribution < 1.29 is 4.52 Å². The fourth-order valence-electron chi connectivity index (χ4n) is 3.09. The third-order valence-electron chi connectivity index (χ3n) is 4.33. The Hall–Kier alpha value is -3.29. The molecule has 4 aromatic rings. The Bertz CT molecular complexity index is 1020. The first-order valence-electron chi connectivity index (χ1n) is 8.44. The Morgan fingerprint density at radius 2 is 2.04 bits per heavy atom. The Balaban J connectivity index is 1.58. The quantitative estimate of drug-likeness (QED) is 0.592. The third-order valence-corrected chi connectivity index (χ3v) is 4.33. The summed E-state index contributed by atoms with van der Waals surface area (Å²) < 4.78 is 6.96. The number of pyridine rings is 1. The van der Waals surface area contributed by atoms with Crippen molar-refractivity contribution >= 4 is 11.5 Å². The van der Waals surface area contributed by atoms with Crippen LogP contribution in [0.25, 0.3) is 17.2 Å². The predicted molar refractivity (Wildman–Crippen MR) is 96.9 cm³/mol. The van der Waals surface area contributed by atoms with E-state index < -0.39 is 0 Å². The minimum absolute atomic E-state index is 0.245. The largest absolute Gasteiger partial charge is 0.368 e. The fourth-order valence-corrected chi connectivity index (χ4v) is 3.09. The van der Waals surface area contributed by atoms with Gasteiger partial charge in [0.1, 0.15) is 17.3 Å². The second-order valence-electron chi connectivity index (χ2n) is 6.25. The lowest BCUT2D eigenvalue weighted by Crippen LogP contribution is -2.13. The molecule has 1 unspecified atom stereocenters. The maximum absolute atomic E-state index is 5.26. The van der Waals surface area contributed by atoms with Crippen LogP contribution in [0.15, 0.2) is 41.1 Å². The minimum atomic E-state index is 0.245. The van der Waals surface area contributed by atoms with Gasteiger partial charge in [-0.05, 0) is 38.1 Å². The van der Waals surface area contributed by atoms with Gasteiger partial charge in [0.05, 0.1) is 5.69 Å². The number of hydrogen-bond acceptors (Lipinski definition) is 7. The van der Waals surface area contributed by atoms with E-state index in [0.29, 0.717) is 18.0 Å². The Morgan fingerprint density at radius 3 is 2.77 bits per heavy atom. The summed E-state index contributed by atoms with van der Waals surface area (Å²) in [4.78, 5) is 4.33. The first-order chi connectivity index (χ1) is 12.6. The smallest absolute Gasteiger partial charge is 0.203 e. The summed E-state index contributed by atoms with van der Waals surface area (Å²) in [6.45, 7) is 6.74. The highest BCUT2D eigenvalue weighted by molar-refractivity contribution is 5.55. The van der Waals surface area contributed by atoms with Gasteiger partial charge in [-0.15, -0.1) is 15.3 Å². The zero-order chi connectivity index (χ0) is 18.1. The number of aryl methyl sites for hydroxylation is 2. The van der Waals surface area contributed by atoms with Gasteiger partial charge in [0.25, 0.3) is 0 Å². The summed E-state index contributed by atoms with van der Waals surface area (Å²) in [5, 5.41) is 20.4. The van der Waals surface area contributed by atoms with Crippen LogP contribution in [0.1, 0.15) is 29.9 Å². The van der Waals surface area contributed by atoms with Crippen LogP contribution in [0.5, 0.6) is 0 Å². The van der Waals surface area contributed by atoms with Crippen molar-refractivity contribution in [2.75, 3.05) is 11.9 Å². The highest BCUT2D eigenvalue weighted by Crippen LogP contribution is 2.23. The van der Waals surface area contributed by atoms with E-state index in [-0.39, 0.29) is 5.92 Å². The zero-order valence-electron chi connectivity index (χ0n) is 14.8. The summed E-state index contributed by atoms with van der Waals surface area (Å²) in [7, 11) is 0. The van der Waals surface area contributed by atoms with Gasteiger partial charge in [-0.2, -0.15) is 4.52 Å². The molecule has 0 aliphatic heterocycles. The molecule has 0 amide bonds. The molecule has 0 bridgehead atoms. The van der Waals surface area contributed by atoms with Gasteiger partial charge in [0.2, 0.25) is 5.82 Å². The molecule has 0 aromatic carbocycles. The van der Waals surface area contributed by atoms with Crippen molar-refractivity contribution in [3.63, 3.8) is 0 Å². The van der Waals surface area contributed by atoms with Gasteiger partial charge in [0.15, 0.2) is 5.65 Å². The Kier molecular flexibility index (Phi) is 4.08. The van der Waals surface area contributed by atoms with Crippen LogP contribution in [0, 0.1) is 13.8 Å². The number of nitrogens with one attached hydrogen (secondary N) is 1. The third kappa shape index (κ3) is 2.90. The molecule has 8 heteroatoms. The van der Waals surface area contributed by atoms with Gasteiger partial charge in [0, 0.05) is 24.2 Å². The van der Waals surface area contributed by atoms with Gasteiger partial charge >= 0.3 is 0 Å². The summed E-state index contributed by atoms with van der Waals surface area (Å²) in [6.07, 6.45) is 1.73. The molecule has 0 aliphatic rings. The van der Waals surface area contributed by atoms with Gasteiger partial charge in [-0.1, -0.05) is 18.1 Å². The molecule has 132 valence electrons. The van der Waals surface area contributed by atoms with Gasteiger partial charge < -0.3 is 9.84 Å². The lowest BCUT2D eigenvalue weighted by Gasteiger charge is -2.13. The fraction of sp³-hybridized carbons (Fsp3) is 0.278. The van der Waals surface area contributed by atoms with Crippen LogP contribution in [-0.4, -0.2) is 36.5 Å². The lowest BCUT2D eigenvalue weighted by molar-refractivity contribution is 0.391. The number of fused-ring (bicyclic) bond motifs is 1. The van der Waals surface area contributed by atoms with Crippen LogP contribution in [0.3, 0.4) is 0 Å². The molecular weight excluding hydrogens is 330 g/mol. The van der Waals surface area contributed by atoms with Gasteiger partial charge in [-0.25, -0.2) is 0 Å². The SMILES string of the molecule is Cc1noc(C)c1C(C)CNc1ccc2nnc(-c3ccccn3)n2n1. The summed E-state index contributed by atoms with van der Waals surface area (Å²) in [5.74, 6) is 2.46. The van der Waals surface area contributed by atoms with E-state index in [4.69, 9.17) is 4.52 Å². The molecule has 0 saturated carbocycles. The summed E-state index contributed by atoms with van der Waals surface area (Å²) in [6, 6.07) is 9.44. The molecule has 1 N–H and O–H groups in total. The van der Waals surface area contributed by atoms with Crippen molar-refractivity contribution in [3.8, 4) is 11.5 Å². The molecule has 0 radical (unpaired) electrons. The predicted octanol–water partition coefficient (Wildman–Crippen LogP) is 3.01. The summed E-state index contributed by atoms with van der Waals surface area (Å²) >= 11 is 0. The molecule has 0 aliphatic carbocycles. The molecule has 26 heavy (non-hydrogen) atoms. The highest BCUT2D eigenvalue weighted by Gasteiger charge is 2.17. The van der Waals surface area contributed by atoms with E-state index >= 15 is 0 Å². The summed E-state index contributed by atoms with van der Waals surface area (Å²) in [5.41, 5.74) is 3.47.